The second-order valence-corrected chi connectivity index (χ2v) is 11.4. The number of piperidine rings is 1. The fourth-order valence-electron chi connectivity index (χ4n) is 2.66. The van der Waals surface area contributed by atoms with Crippen molar-refractivity contribution in [3.05, 3.63) is 46.3 Å². The number of thiophene rings is 1. The standard InChI is InChI=1S/C15H17BrN2O4S3/c16-12-3-5-14(6-4-12)25(21,22)18-9-7-13(8-10-18)17-24(19,20)15-2-1-11-23-15/h1-6,11,13,17H,7-10H2. The second-order valence-electron chi connectivity index (χ2n) is 5.69. The molecule has 1 aliphatic heterocycles. The zero-order chi connectivity index (χ0) is 18.1. The lowest BCUT2D eigenvalue weighted by Crippen LogP contribution is -2.46. The fourth-order valence-corrected chi connectivity index (χ4v) is 6.71. The van der Waals surface area contributed by atoms with Gasteiger partial charge in [0.1, 0.15) is 4.21 Å². The van der Waals surface area contributed by atoms with Crippen molar-refractivity contribution in [2.45, 2.75) is 28.0 Å². The van der Waals surface area contributed by atoms with Crippen molar-refractivity contribution in [3.8, 4) is 0 Å². The topological polar surface area (TPSA) is 83.6 Å². The third-order valence-corrected chi connectivity index (χ3v) is 9.35. The molecule has 25 heavy (non-hydrogen) atoms. The fraction of sp³-hybridized carbons (Fsp3) is 0.333. The normalized spacial score (nSPS) is 17.6. The maximum atomic E-state index is 12.7. The highest BCUT2D eigenvalue weighted by molar-refractivity contribution is 9.10. The summed E-state index contributed by atoms with van der Waals surface area (Å²) < 4.78 is 55.0. The Balaban J connectivity index is 1.65. The van der Waals surface area contributed by atoms with E-state index in [0.717, 1.165) is 15.8 Å². The minimum absolute atomic E-state index is 0.244. The van der Waals surface area contributed by atoms with Crippen LogP contribution in [0.1, 0.15) is 12.8 Å². The maximum Gasteiger partial charge on any atom is 0.250 e. The van der Waals surface area contributed by atoms with Gasteiger partial charge in [0.15, 0.2) is 0 Å². The van der Waals surface area contributed by atoms with Crippen molar-refractivity contribution in [2.75, 3.05) is 13.1 Å². The van der Waals surface area contributed by atoms with Gasteiger partial charge < -0.3 is 0 Å². The van der Waals surface area contributed by atoms with E-state index in [4.69, 9.17) is 0 Å². The van der Waals surface area contributed by atoms with Crippen LogP contribution in [0.4, 0.5) is 0 Å². The Morgan fingerprint density at radius 2 is 1.68 bits per heavy atom. The van der Waals surface area contributed by atoms with Gasteiger partial charge in [-0.1, -0.05) is 22.0 Å². The summed E-state index contributed by atoms with van der Waals surface area (Å²) in [6.07, 6.45) is 0.890. The van der Waals surface area contributed by atoms with Crippen LogP contribution in [0.25, 0.3) is 0 Å². The summed E-state index contributed by atoms with van der Waals surface area (Å²) in [7, 11) is -7.08. The lowest BCUT2D eigenvalue weighted by molar-refractivity contribution is 0.308. The van der Waals surface area contributed by atoms with Gasteiger partial charge in [0.2, 0.25) is 20.0 Å². The number of hydrogen-bond acceptors (Lipinski definition) is 5. The average molecular weight is 465 g/mol. The van der Waals surface area contributed by atoms with E-state index in [0.29, 0.717) is 12.8 Å². The highest BCUT2D eigenvalue weighted by Crippen LogP contribution is 2.24. The second kappa shape index (κ2) is 7.45. The SMILES string of the molecule is O=S(=O)(NC1CCN(S(=O)(=O)c2ccc(Br)cc2)CC1)c1cccs1. The average Bonchev–Trinajstić information content (AvgIpc) is 3.11. The summed E-state index contributed by atoms with van der Waals surface area (Å²) >= 11 is 4.45. The number of nitrogens with zero attached hydrogens (tertiary/aromatic N) is 1. The molecule has 1 aromatic heterocycles. The van der Waals surface area contributed by atoms with E-state index < -0.39 is 20.0 Å². The van der Waals surface area contributed by atoms with Crippen LogP contribution in [-0.4, -0.2) is 40.3 Å². The van der Waals surface area contributed by atoms with Crippen LogP contribution in [0.15, 0.2) is 55.4 Å². The van der Waals surface area contributed by atoms with Crippen molar-refractivity contribution in [3.63, 3.8) is 0 Å². The Hall–Kier alpha value is -0.780. The van der Waals surface area contributed by atoms with Crippen LogP contribution in [0, 0.1) is 0 Å². The molecule has 2 heterocycles. The monoisotopic (exact) mass is 464 g/mol. The molecule has 3 rings (SSSR count). The van der Waals surface area contributed by atoms with Gasteiger partial charge in [-0.3, -0.25) is 0 Å². The number of nitrogens with one attached hydrogen (secondary N) is 1. The van der Waals surface area contributed by atoms with Crippen LogP contribution in [0.2, 0.25) is 0 Å². The smallest absolute Gasteiger partial charge is 0.207 e. The molecule has 0 saturated carbocycles. The molecule has 0 spiro atoms. The molecule has 2 aromatic rings. The minimum Gasteiger partial charge on any atom is -0.207 e. The van der Waals surface area contributed by atoms with Crippen LogP contribution in [0.5, 0.6) is 0 Å². The molecule has 1 N–H and O–H groups in total. The van der Waals surface area contributed by atoms with Crippen molar-refractivity contribution >= 4 is 47.3 Å². The summed E-state index contributed by atoms with van der Waals surface area (Å²) in [6, 6.07) is 9.48. The van der Waals surface area contributed by atoms with E-state index in [1.807, 2.05) is 0 Å². The molecule has 0 atom stereocenters. The summed E-state index contributed by atoms with van der Waals surface area (Å²) in [5, 5.41) is 1.71. The van der Waals surface area contributed by atoms with E-state index in [1.165, 1.54) is 4.31 Å². The first-order valence-corrected chi connectivity index (χ1v) is 12.2. The molecule has 1 aliphatic rings. The molecule has 1 fully saturated rings. The zero-order valence-corrected chi connectivity index (χ0v) is 17.2. The Labute approximate surface area is 160 Å². The van der Waals surface area contributed by atoms with Crippen molar-refractivity contribution in [1.29, 1.82) is 0 Å². The third kappa shape index (κ3) is 4.32. The highest BCUT2D eigenvalue weighted by atomic mass is 79.9. The summed E-state index contributed by atoms with van der Waals surface area (Å²) in [4.78, 5) is 0.244. The van der Waals surface area contributed by atoms with Gasteiger partial charge in [0.05, 0.1) is 4.90 Å². The molecule has 136 valence electrons. The Morgan fingerprint density at radius 3 is 2.24 bits per heavy atom. The molecule has 0 bridgehead atoms. The van der Waals surface area contributed by atoms with Crippen molar-refractivity contribution in [1.82, 2.24) is 9.03 Å². The van der Waals surface area contributed by atoms with E-state index >= 15 is 0 Å². The van der Waals surface area contributed by atoms with E-state index in [2.05, 4.69) is 20.7 Å². The van der Waals surface area contributed by atoms with Gasteiger partial charge in [0, 0.05) is 23.6 Å². The van der Waals surface area contributed by atoms with E-state index in [9.17, 15) is 16.8 Å². The molecule has 0 aliphatic carbocycles. The number of sulfonamides is 2. The molecule has 0 amide bonds. The molecule has 6 nitrogen and oxygen atoms in total. The molecule has 1 aromatic carbocycles. The minimum atomic E-state index is -3.55. The van der Waals surface area contributed by atoms with Gasteiger partial charge >= 0.3 is 0 Å². The van der Waals surface area contributed by atoms with Crippen LogP contribution >= 0.6 is 27.3 Å². The van der Waals surface area contributed by atoms with Crippen LogP contribution < -0.4 is 4.72 Å². The number of benzene rings is 1. The van der Waals surface area contributed by atoms with Crippen molar-refractivity contribution < 1.29 is 16.8 Å². The van der Waals surface area contributed by atoms with E-state index in [1.54, 1.807) is 41.8 Å². The van der Waals surface area contributed by atoms with Gasteiger partial charge in [0.25, 0.3) is 0 Å². The molecule has 1 saturated heterocycles. The predicted molar refractivity (Wildman–Crippen MR) is 101 cm³/mol. The largest absolute Gasteiger partial charge is 0.250 e. The molecule has 10 heteroatoms. The first-order valence-electron chi connectivity index (χ1n) is 7.60. The first-order chi connectivity index (χ1) is 11.8. The quantitative estimate of drug-likeness (QED) is 0.736. The number of rotatable bonds is 5. The molecular formula is C15H17BrN2O4S3. The lowest BCUT2D eigenvalue weighted by atomic mass is 10.1. The van der Waals surface area contributed by atoms with Gasteiger partial charge in [-0.25, -0.2) is 21.6 Å². The summed E-state index contributed by atoms with van der Waals surface area (Å²) in [6.45, 7) is 0.575. The van der Waals surface area contributed by atoms with Crippen LogP contribution in [-0.2, 0) is 20.0 Å². The zero-order valence-electron chi connectivity index (χ0n) is 13.1. The third-order valence-electron chi connectivity index (χ3n) is 3.99. The molecule has 0 radical (unpaired) electrons. The van der Waals surface area contributed by atoms with E-state index in [-0.39, 0.29) is 28.2 Å². The number of halogens is 1. The maximum absolute atomic E-state index is 12.7. The highest BCUT2D eigenvalue weighted by Gasteiger charge is 2.31. The van der Waals surface area contributed by atoms with Gasteiger partial charge in [-0.05, 0) is 48.6 Å². The lowest BCUT2D eigenvalue weighted by Gasteiger charge is -2.31. The van der Waals surface area contributed by atoms with Crippen LogP contribution in [0.3, 0.4) is 0 Å². The van der Waals surface area contributed by atoms with Crippen molar-refractivity contribution in [2.24, 2.45) is 0 Å². The Morgan fingerprint density at radius 1 is 1.04 bits per heavy atom. The first kappa shape index (κ1) is 19.0. The summed E-state index contributed by atoms with van der Waals surface area (Å²) in [5.41, 5.74) is 0. The molecular weight excluding hydrogens is 448 g/mol. The number of hydrogen-bond donors (Lipinski definition) is 1. The van der Waals surface area contributed by atoms with Gasteiger partial charge in [-0.15, -0.1) is 11.3 Å². The Kier molecular flexibility index (Phi) is 5.66. The molecule has 0 unspecified atom stereocenters. The Bertz CT molecular complexity index is 918. The van der Waals surface area contributed by atoms with Gasteiger partial charge in [-0.2, -0.15) is 4.31 Å². The predicted octanol–water partition coefficient (Wildman–Crippen LogP) is 2.64. The summed E-state index contributed by atoms with van der Waals surface area (Å²) in [5.74, 6) is 0.